The minimum atomic E-state index is -0.230. The van der Waals surface area contributed by atoms with Crippen LogP contribution in [-0.2, 0) is 0 Å². The average Bonchev–Trinajstić information content (AvgIpc) is 2.69. The van der Waals surface area contributed by atoms with Crippen molar-refractivity contribution < 1.29 is 5.11 Å². The van der Waals surface area contributed by atoms with Crippen LogP contribution < -0.4 is 0 Å². The van der Waals surface area contributed by atoms with Crippen LogP contribution in [0.3, 0.4) is 0 Å². The molecule has 3 saturated carbocycles. The van der Waals surface area contributed by atoms with Gasteiger partial charge in [0.1, 0.15) is 0 Å². The van der Waals surface area contributed by atoms with Gasteiger partial charge in [-0.15, -0.1) is 0 Å². The van der Waals surface area contributed by atoms with E-state index in [4.69, 9.17) is 0 Å². The minimum Gasteiger partial charge on any atom is -0.389 e. The summed E-state index contributed by atoms with van der Waals surface area (Å²) in [6, 6.07) is 0. The molecule has 0 aromatic carbocycles. The standard InChI is InChI=1S/C15H26O/c1-11(2)10-14(8-3-4-9-14)15(16)12-6-5-7-13(12)15/h11-13,16H,3-10H2,1-2H3. The number of hydrogen-bond acceptors (Lipinski definition) is 1. The van der Waals surface area contributed by atoms with Gasteiger partial charge < -0.3 is 5.11 Å². The van der Waals surface area contributed by atoms with E-state index in [9.17, 15) is 5.11 Å². The first-order valence-corrected chi connectivity index (χ1v) is 7.32. The Bertz CT molecular complexity index is 265. The Labute approximate surface area is 99.6 Å². The van der Waals surface area contributed by atoms with Gasteiger partial charge in [0.2, 0.25) is 0 Å². The molecule has 0 amide bonds. The van der Waals surface area contributed by atoms with Crippen molar-refractivity contribution in [2.45, 2.75) is 70.8 Å². The Morgan fingerprint density at radius 3 is 2.12 bits per heavy atom. The van der Waals surface area contributed by atoms with Gasteiger partial charge in [-0.05, 0) is 55.3 Å². The third-order valence-corrected chi connectivity index (χ3v) is 5.75. The zero-order valence-corrected chi connectivity index (χ0v) is 10.8. The molecule has 2 unspecified atom stereocenters. The number of fused-ring (bicyclic) bond motifs is 1. The topological polar surface area (TPSA) is 20.2 Å². The van der Waals surface area contributed by atoms with Crippen molar-refractivity contribution in [1.82, 2.24) is 0 Å². The highest BCUT2D eigenvalue weighted by atomic mass is 16.3. The van der Waals surface area contributed by atoms with E-state index >= 15 is 0 Å². The van der Waals surface area contributed by atoms with Crippen LogP contribution in [0.5, 0.6) is 0 Å². The largest absolute Gasteiger partial charge is 0.389 e. The second kappa shape index (κ2) is 3.48. The van der Waals surface area contributed by atoms with E-state index in [1.807, 2.05) is 0 Å². The first kappa shape index (κ1) is 11.1. The van der Waals surface area contributed by atoms with E-state index in [2.05, 4.69) is 13.8 Å². The van der Waals surface area contributed by atoms with Crippen LogP contribution >= 0.6 is 0 Å². The summed E-state index contributed by atoms with van der Waals surface area (Å²) in [7, 11) is 0. The highest BCUT2D eigenvalue weighted by molar-refractivity contribution is 5.23. The van der Waals surface area contributed by atoms with Crippen LogP contribution in [-0.4, -0.2) is 10.7 Å². The fraction of sp³-hybridized carbons (Fsp3) is 1.00. The first-order chi connectivity index (χ1) is 7.60. The Morgan fingerprint density at radius 2 is 1.62 bits per heavy atom. The van der Waals surface area contributed by atoms with E-state index in [1.54, 1.807) is 0 Å². The highest BCUT2D eigenvalue weighted by Gasteiger charge is 2.73. The summed E-state index contributed by atoms with van der Waals surface area (Å²) in [5.74, 6) is 2.11. The van der Waals surface area contributed by atoms with Crippen LogP contribution in [0.1, 0.15) is 65.2 Å². The summed E-state index contributed by atoms with van der Waals surface area (Å²) in [5.41, 5.74) is 0.0863. The van der Waals surface area contributed by atoms with Crippen LogP contribution in [0.2, 0.25) is 0 Å². The van der Waals surface area contributed by atoms with Gasteiger partial charge in [-0.25, -0.2) is 0 Å². The zero-order chi connectivity index (χ0) is 11.4. The molecule has 1 heteroatoms. The minimum absolute atomic E-state index is 0.230. The predicted molar refractivity (Wildman–Crippen MR) is 66.1 cm³/mol. The molecule has 0 heterocycles. The van der Waals surface area contributed by atoms with Crippen molar-refractivity contribution in [2.24, 2.45) is 23.2 Å². The van der Waals surface area contributed by atoms with Gasteiger partial charge in [0.25, 0.3) is 0 Å². The molecule has 2 atom stereocenters. The summed E-state index contributed by atoms with van der Waals surface area (Å²) in [6.45, 7) is 4.64. The smallest absolute Gasteiger partial charge is 0.0767 e. The third-order valence-electron chi connectivity index (χ3n) is 5.75. The lowest BCUT2D eigenvalue weighted by atomic mass is 9.69. The number of hydrogen-bond donors (Lipinski definition) is 1. The number of aliphatic hydroxyl groups is 1. The van der Waals surface area contributed by atoms with Gasteiger partial charge in [-0.3, -0.25) is 0 Å². The second-order valence-electron chi connectivity index (χ2n) is 7.05. The van der Waals surface area contributed by atoms with E-state index in [-0.39, 0.29) is 5.60 Å². The van der Waals surface area contributed by atoms with E-state index in [0.717, 1.165) is 5.92 Å². The van der Waals surface area contributed by atoms with Crippen LogP contribution in [0, 0.1) is 23.2 Å². The second-order valence-corrected chi connectivity index (χ2v) is 7.05. The zero-order valence-electron chi connectivity index (χ0n) is 10.8. The quantitative estimate of drug-likeness (QED) is 0.771. The average molecular weight is 222 g/mol. The van der Waals surface area contributed by atoms with E-state index < -0.39 is 0 Å². The molecular formula is C15H26O. The van der Waals surface area contributed by atoms with Gasteiger partial charge in [-0.1, -0.05) is 33.1 Å². The number of rotatable bonds is 3. The molecule has 0 aromatic heterocycles. The van der Waals surface area contributed by atoms with Crippen molar-refractivity contribution in [3.8, 4) is 0 Å². The van der Waals surface area contributed by atoms with Crippen LogP contribution in [0.15, 0.2) is 0 Å². The third kappa shape index (κ3) is 1.27. The Hall–Kier alpha value is -0.0400. The monoisotopic (exact) mass is 222 g/mol. The molecule has 16 heavy (non-hydrogen) atoms. The fourth-order valence-corrected chi connectivity index (χ4v) is 5.31. The molecule has 3 aliphatic rings. The molecule has 3 aliphatic carbocycles. The summed E-state index contributed by atoms with van der Waals surface area (Å²) in [6.07, 6.45) is 10.6. The lowest BCUT2D eigenvalue weighted by molar-refractivity contribution is -0.0401. The first-order valence-electron chi connectivity index (χ1n) is 7.32. The SMILES string of the molecule is CC(C)CC1(C2(O)C3CCCC32)CCCC1. The summed E-state index contributed by atoms with van der Waals surface area (Å²) < 4.78 is 0. The maximum absolute atomic E-state index is 11.1. The Kier molecular flexibility index (Phi) is 2.41. The summed E-state index contributed by atoms with van der Waals surface area (Å²) in [5, 5.41) is 11.1. The molecule has 92 valence electrons. The van der Waals surface area contributed by atoms with Crippen LogP contribution in [0.4, 0.5) is 0 Å². The van der Waals surface area contributed by atoms with Crippen molar-refractivity contribution >= 4 is 0 Å². The fourth-order valence-electron chi connectivity index (χ4n) is 5.31. The molecule has 3 fully saturated rings. The maximum atomic E-state index is 11.1. The van der Waals surface area contributed by atoms with Gasteiger partial charge in [0.05, 0.1) is 5.60 Å². The summed E-state index contributed by atoms with van der Waals surface area (Å²) in [4.78, 5) is 0. The van der Waals surface area contributed by atoms with Crippen molar-refractivity contribution in [1.29, 1.82) is 0 Å². The maximum Gasteiger partial charge on any atom is 0.0767 e. The predicted octanol–water partition coefficient (Wildman–Crippen LogP) is 3.75. The molecule has 1 N–H and O–H groups in total. The Balaban J connectivity index is 1.84. The lowest BCUT2D eigenvalue weighted by Gasteiger charge is -2.39. The van der Waals surface area contributed by atoms with E-state index in [1.165, 1.54) is 51.4 Å². The van der Waals surface area contributed by atoms with Crippen molar-refractivity contribution in [3.63, 3.8) is 0 Å². The molecule has 0 radical (unpaired) electrons. The molecular weight excluding hydrogens is 196 g/mol. The lowest BCUT2D eigenvalue weighted by Crippen LogP contribution is -2.40. The van der Waals surface area contributed by atoms with E-state index in [0.29, 0.717) is 17.3 Å². The molecule has 3 rings (SSSR count). The molecule has 0 aliphatic heterocycles. The molecule has 1 nitrogen and oxygen atoms in total. The van der Waals surface area contributed by atoms with Crippen molar-refractivity contribution in [3.05, 3.63) is 0 Å². The van der Waals surface area contributed by atoms with Gasteiger partial charge >= 0.3 is 0 Å². The van der Waals surface area contributed by atoms with Crippen molar-refractivity contribution in [2.75, 3.05) is 0 Å². The van der Waals surface area contributed by atoms with Gasteiger partial charge in [0.15, 0.2) is 0 Å². The summed E-state index contributed by atoms with van der Waals surface area (Å²) >= 11 is 0. The molecule has 0 aromatic rings. The molecule has 0 bridgehead atoms. The molecule has 0 spiro atoms. The Morgan fingerprint density at radius 1 is 1.06 bits per heavy atom. The van der Waals surface area contributed by atoms with Gasteiger partial charge in [0, 0.05) is 0 Å². The van der Waals surface area contributed by atoms with Gasteiger partial charge in [-0.2, -0.15) is 0 Å². The highest BCUT2D eigenvalue weighted by Crippen LogP contribution is 2.72. The van der Waals surface area contributed by atoms with Crippen LogP contribution in [0.25, 0.3) is 0 Å². The molecule has 0 saturated heterocycles. The normalized spacial score (nSPS) is 45.0.